The predicted molar refractivity (Wildman–Crippen MR) is 23.0 cm³/mol. The van der Waals surface area contributed by atoms with E-state index in [-0.39, 0.29) is 93.6 Å². The van der Waals surface area contributed by atoms with Crippen LogP contribution in [-0.2, 0) is 0 Å². The van der Waals surface area contributed by atoms with E-state index in [4.69, 9.17) is 0 Å². The molecule has 0 saturated heterocycles. The molecule has 0 aliphatic carbocycles. The third-order valence-corrected chi connectivity index (χ3v) is 0. The van der Waals surface area contributed by atoms with Crippen molar-refractivity contribution in [3.63, 3.8) is 0 Å². The Balaban J connectivity index is 0. The van der Waals surface area contributed by atoms with Crippen molar-refractivity contribution in [2.45, 2.75) is 0 Å². The zero-order chi connectivity index (χ0) is 0. The van der Waals surface area contributed by atoms with Crippen molar-refractivity contribution in [3.05, 3.63) is 0 Å². The van der Waals surface area contributed by atoms with Gasteiger partial charge in [0.15, 0.2) is 0 Å². The molecule has 0 nitrogen and oxygen atoms in total. The van der Waals surface area contributed by atoms with E-state index in [1.165, 1.54) is 0 Å². The predicted octanol–water partition coefficient (Wildman–Crippen LogP) is -1.52. The van der Waals surface area contributed by atoms with E-state index in [9.17, 15) is 0 Å². The summed E-state index contributed by atoms with van der Waals surface area (Å²) in [5, 5.41) is 0. The molecule has 0 amide bonds. The second-order valence-electron chi connectivity index (χ2n) is 0. The van der Waals surface area contributed by atoms with Crippen LogP contribution in [0.3, 0.4) is 0 Å². The quantitative estimate of drug-likeness (QED) is 0.339. The standard InChI is InChI=1S/As.Pb.Sb.Sn. The van der Waals surface area contributed by atoms with Crippen LogP contribution in [-0.4, -0.2) is 93.6 Å². The summed E-state index contributed by atoms with van der Waals surface area (Å²) >= 11 is 0. The molecule has 0 saturated carbocycles. The summed E-state index contributed by atoms with van der Waals surface area (Å²) in [5.41, 5.74) is 0. The van der Waals surface area contributed by atoms with Crippen LogP contribution in [0.15, 0.2) is 0 Å². The Kier molecular flexibility index (Phi) is 114. The summed E-state index contributed by atoms with van der Waals surface area (Å²) < 4.78 is 0. The first-order valence-corrected chi connectivity index (χ1v) is 0. The van der Waals surface area contributed by atoms with E-state index in [1.807, 2.05) is 0 Å². The van der Waals surface area contributed by atoms with Gasteiger partial charge in [-0.25, -0.2) is 0 Å². The Labute approximate surface area is 91.7 Å². The maximum Gasteiger partial charge on any atom is 0 e. The van der Waals surface area contributed by atoms with Gasteiger partial charge in [-0.2, -0.15) is 0 Å². The number of hydrogen-bond donors (Lipinski definition) is 0. The monoisotopic (exact) mass is 524 g/mol. The summed E-state index contributed by atoms with van der Waals surface area (Å²) in [6, 6.07) is 0. The third kappa shape index (κ3) is 8.92. The van der Waals surface area contributed by atoms with Crippen molar-refractivity contribution in [1.29, 1.82) is 0 Å². The molecule has 0 aliphatic heterocycles. The fourth-order valence-electron chi connectivity index (χ4n) is 0. The smallest absolute Gasteiger partial charge is 0 e. The second-order valence-corrected chi connectivity index (χ2v) is 0. The molecule has 0 aromatic rings. The van der Waals surface area contributed by atoms with E-state index < -0.39 is 0 Å². The van der Waals surface area contributed by atoms with Crippen molar-refractivity contribution >= 4 is 93.6 Å². The average Bonchev–Trinajstić information content (AvgIpc) is 0. The van der Waals surface area contributed by atoms with Gasteiger partial charge in [-0.3, -0.25) is 0 Å². The minimum absolute atomic E-state index is 0. The van der Waals surface area contributed by atoms with Gasteiger partial charge >= 0.3 is 0 Å². The molecule has 18 valence electrons. The molecule has 0 rings (SSSR count). The van der Waals surface area contributed by atoms with Crippen molar-refractivity contribution in [1.82, 2.24) is 0 Å². The fraction of sp³-hybridized carbons (Fsp3) is 0. The summed E-state index contributed by atoms with van der Waals surface area (Å²) in [6.45, 7) is 0. The van der Waals surface area contributed by atoms with Crippen LogP contribution in [0.25, 0.3) is 0 Å². The first-order chi connectivity index (χ1) is 0. The van der Waals surface area contributed by atoms with Gasteiger partial charge in [-0.05, 0) is 0 Å². The minimum Gasteiger partial charge on any atom is 0 e. The topological polar surface area (TPSA) is 0 Å². The number of hydrogen-bond acceptors (Lipinski definition) is 0. The molecular weight excluding hydrogens is 523 g/mol. The molecule has 0 aliphatic rings. The molecule has 4 heavy (non-hydrogen) atoms. The van der Waals surface area contributed by atoms with Crippen molar-refractivity contribution < 1.29 is 0 Å². The van der Waals surface area contributed by atoms with Crippen LogP contribution in [0.4, 0.5) is 0 Å². The molecule has 0 N–H and O–H groups in total. The second kappa shape index (κ2) is 16.5. The van der Waals surface area contributed by atoms with Gasteiger partial charge in [0.25, 0.3) is 0 Å². The van der Waals surface area contributed by atoms with Crippen LogP contribution in [0.5, 0.6) is 0 Å². The first-order valence-electron chi connectivity index (χ1n) is 0. The summed E-state index contributed by atoms with van der Waals surface area (Å²) in [7, 11) is 0. The maximum atomic E-state index is 0. The summed E-state index contributed by atoms with van der Waals surface area (Å²) in [5.74, 6) is 0. The molecule has 0 heterocycles. The van der Waals surface area contributed by atoms with Crippen molar-refractivity contribution in [2.75, 3.05) is 0 Å². The van der Waals surface area contributed by atoms with Gasteiger partial charge in [0, 0.05) is 93.6 Å². The van der Waals surface area contributed by atoms with E-state index >= 15 is 0 Å². The maximum absolute atomic E-state index is 0. The van der Waals surface area contributed by atoms with Gasteiger partial charge in [-0.15, -0.1) is 0 Å². The molecule has 0 bridgehead atoms. The van der Waals surface area contributed by atoms with Crippen LogP contribution in [0, 0.1) is 0 Å². The molecule has 0 aromatic carbocycles. The molecule has 4 heteroatoms. The summed E-state index contributed by atoms with van der Waals surface area (Å²) in [4.78, 5) is 0. The average molecular weight is 523 g/mol. The van der Waals surface area contributed by atoms with Crippen LogP contribution in [0.2, 0.25) is 0 Å². The van der Waals surface area contributed by atoms with E-state index in [0.717, 1.165) is 0 Å². The van der Waals surface area contributed by atoms with Gasteiger partial charge in [-0.1, -0.05) is 0 Å². The zero-order valence-corrected chi connectivity index (χ0v) is 13.1. The van der Waals surface area contributed by atoms with Crippen LogP contribution in [0.1, 0.15) is 0 Å². The Hall–Kier alpha value is 3.10. The van der Waals surface area contributed by atoms with E-state index in [0.29, 0.717) is 0 Å². The fourth-order valence-corrected chi connectivity index (χ4v) is 0. The molecule has 0 atom stereocenters. The van der Waals surface area contributed by atoms with Gasteiger partial charge < -0.3 is 0 Å². The van der Waals surface area contributed by atoms with E-state index in [2.05, 4.69) is 0 Å². The molecule has 0 unspecified atom stereocenters. The van der Waals surface area contributed by atoms with Gasteiger partial charge in [0.2, 0.25) is 0 Å². The third-order valence-electron chi connectivity index (χ3n) is 0. The van der Waals surface area contributed by atoms with Gasteiger partial charge in [0.05, 0.1) is 0 Å². The Morgan fingerprint density at radius 1 is 1.00 bits per heavy atom. The first kappa shape index (κ1) is 27.5. The SMILES string of the molecule is [As].[Pb].[Sb].[Sn]. The van der Waals surface area contributed by atoms with Crippen LogP contribution >= 0.6 is 0 Å². The summed E-state index contributed by atoms with van der Waals surface area (Å²) in [6.07, 6.45) is 0. The van der Waals surface area contributed by atoms with Crippen LogP contribution < -0.4 is 0 Å². The molecule has 0 aromatic heterocycles. The minimum atomic E-state index is 0. The molecule has 0 fully saturated rings. The Morgan fingerprint density at radius 2 is 1.00 bits per heavy atom. The largest absolute Gasteiger partial charge is 0 e. The number of rotatable bonds is 0. The van der Waals surface area contributed by atoms with E-state index in [1.54, 1.807) is 0 Å². The molecular formula is AsPbSbSn. The van der Waals surface area contributed by atoms with Crippen molar-refractivity contribution in [2.24, 2.45) is 0 Å². The molecule has 0 spiro atoms. The zero-order valence-electron chi connectivity index (χ0n) is 1.89. The van der Waals surface area contributed by atoms with Crippen molar-refractivity contribution in [3.8, 4) is 0 Å². The van der Waals surface area contributed by atoms with Gasteiger partial charge in [0.1, 0.15) is 0 Å². The normalized spacial score (nSPS) is 0. The Morgan fingerprint density at radius 3 is 1.00 bits per heavy atom. The Bertz CT molecular complexity index is 8.00. The molecule has 14 radical (unpaired) electrons.